The molecule has 0 radical (unpaired) electrons. The zero-order chi connectivity index (χ0) is 40.7. The molecule has 0 saturated carbocycles. The van der Waals surface area contributed by atoms with Crippen molar-refractivity contribution in [3.63, 3.8) is 0 Å². The van der Waals surface area contributed by atoms with E-state index in [0.29, 0.717) is 6.07 Å². The third-order valence-electron chi connectivity index (χ3n) is 7.82. The van der Waals surface area contributed by atoms with Crippen molar-refractivity contribution in [2.45, 2.75) is 25.4 Å². The predicted molar refractivity (Wildman–Crippen MR) is 187 cm³/mol. The Bertz CT molecular complexity index is 2050. The summed E-state index contributed by atoms with van der Waals surface area (Å²) in [5, 5.41) is 3.78. The van der Waals surface area contributed by atoms with Crippen LogP contribution in [0.4, 0.5) is 32.4 Å². The van der Waals surface area contributed by atoms with E-state index in [2.05, 4.69) is 5.32 Å². The first kappa shape index (κ1) is 41.7. The molecule has 3 aromatic carbocycles. The van der Waals surface area contributed by atoms with Gasteiger partial charge in [0.2, 0.25) is 11.2 Å². The van der Waals surface area contributed by atoms with E-state index in [0.717, 1.165) is 40.5 Å². The molecule has 1 aromatic heterocycles. The molecule has 2 amide bonds. The van der Waals surface area contributed by atoms with Crippen LogP contribution in [-0.2, 0) is 35.4 Å². The average molecular weight is 793 g/mol. The number of alkyl halides is 3. The minimum Gasteiger partial charge on any atom is -0.496 e. The number of carbonyl (C=O) groups is 5. The minimum absolute atomic E-state index is 0.0182. The Hall–Kier alpha value is -6.04. The summed E-state index contributed by atoms with van der Waals surface area (Å²) in [5.74, 6) is -9.19. The number of benzene rings is 3. The molecule has 292 valence electrons. The van der Waals surface area contributed by atoms with Crippen molar-refractivity contribution in [1.29, 1.82) is 0 Å². The number of nitrogens with zero attached hydrogens (tertiary/aromatic N) is 1. The second-order valence-corrected chi connectivity index (χ2v) is 12.4. The number of thiophene rings is 1. The average Bonchev–Trinajstić information content (AvgIpc) is 3.68. The molecule has 55 heavy (non-hydrogen) atoms. The highest BCUT2D eigenvalue weighted by Crippen LogP contribution is 2.38. The Labute approximate surface area is 314 Å². The van der Waals surface area contributed by atoms with Gasteiger partial charge >= 0.3 is 24.3 Å². The summed E-state index contributed by atoms with van der Waals surface area (Å²) in [6.07, 6.45) is -6.44. The fraction of sp³-hybridized carbons (Fsp3) is 0.270. The molecular formula is C37H33F5N2O10S. The van der Waals surface area contributed by atoms with E-state index < -0.39 is 82.3 Å². The van der Waals surface area contributed by atoms with Crippen LogP contribution in [-0.4, -0.2) is 75.8 Å². The SMILES string of the molecule is CCOC(=O)C(COC(=O)Oc1c(F)cc(NC(=O)c2cccc(OC)c2-c2ccc(C(F)(F)F)cc2)c(C(=O)N(C)C)c1F)(C(=O)OCC)c1cccs1. The van der Waals surface area contributed by atoms with E-state index in [1.807, 2.05) is 0 Å². The fourth-order valence-corrected chi connectivity index (χ4v) is 6.10. The zero-order valence-electron chi connectivity index (χ0n) is 29.8. The van der Waals surface area contributed by atoms with Gasteiger partial charge in [-0.05, 0) is 55.1 Å². The van der Waals surface area contributed by atoms with Crippen molar-refractivity contribution in [3.8, 4) is 22.6 Å². The third kappa shape index (κ3) is 8.86. The topological polar surface area (TPSA) is 147 Å². The van der Waals surface area contributed by atoms with Crippen LogP contribution in [0.2, 0.25) is 0 Å². The number of halogens is 5. The molecule has 18 heteroatoms. The summed E-state index contributed by atoms with van der Waals surface area (Å²) >= 11 is 0.936. The van der Waals surface area contributed by atoms with Gasteiger partial charge in [-0.25, -0.2) is 13.6 Å². The van der Waals surface area contributed by atoms with E-state index in [-0.39, 0.29) is 40.5 Å². The Morgan fingerprint density at radius 1 is 0.855 bits per heavy atom. The van der Waals surface area contributed by atoms with Gasteiger partial charge in [-0.15, -0.1) is 11.3 Å². The number of nitrogens with one attached hydrogen (secondary N) is 1. The molecular weight excluding hydrogens is 759 g/mol. The van der Waals surface area contributed by atoms with Gasteiger partial charge in [0, 0.05) is 30.6 Å². The molecule has 0 spiro atoms. The van der Waals surface area contributed by atoms with Crippen molar-refractivity contribution in [3.05, 3.63) is 99.2 Å². The molecule has 4 rings (SSSR count). The second-order valence-electron chi connectivity index (χ2n) is 11.5. The van der Waals surface area contributed by atoms with Gasteiger partial charge in [-0.3, -0.25) is 19.2 Å². The summed E-state index contributed by atoms with van der Waals surface area (Å²) in [6.45, 7) is 1.51. The van der Waals surface area contributed by atoms with E-state index in [1.165, 1.54) is 70.8 Å². The molecule has 1 N–H and O–H groups in total. The highest BCUT2D eigenvalue weighted by atomic mass is 32.1. The minimum atomic E-state index is -4.64. The van der Waals surface area contributed by atoms with Gasteiger partial charge in [0.05, 0.1) is 37.1 Å². The molecule has 0 unspecified atom stereocenters. The molecule has 0 aliphatic heterocycles. The lowest BCUT2D eigenvalue weighted by molar-refractivity contribution is -0.167. The van der Waals surface area contributed by atoms with Crippen LogP contribution in [0, 0.1) is 11.6 Å². The van der Waals surface area contributed by atoms with Crippen LogP contribution in [0.1, 0.15) is 45.0 Å². The molecule has 0 saturated heterocycles. The number of hydrogen-bond donors (Lipinski definition) is 1. The van der Waals surface area contributed by atoms with E-state index in [9.17, 15) is 37.1 Å². The van der Waals surface area contributed by atoms with E-state index in [4.69, 9.17) is 23.7 Å². The molecule has 0 aliphatic carbocycles. The summed E-state index contributed by atoms with van der Waals surface area (Å²) in [5.41, 5.74) is -5.06. The number of rotatable bonds is 13. The summed E-state index contributed by atoms with van der Waals surface area (Å²) in [7, 11) is 3.68. The van der Waals surface area contributed by atoms with E-state index >= 15 is 8.78 Å². The van der Waals surface area contributed by atoms with Gasteiger partial charge < -0.3 is 33.9 Å². The van der Waals surface area contributed by atoms with Crippen molar-refractivity contribution in [2.75, 3.05) is 46.3 Å². The maximum Gasteiger partial charge on any atom is 0.514 e. The maximum absolute atomic E-state index is 16.1. The van der Waals surface area contributed by atoms with Crippen LogP contribution in [0.5, 0.6) is 11.5 Å². The van der Waals surface area contributed by atoms with Crippen LogP contribution in [0.15, 0.2) is 66.0 Å². The Kier molecular flexibility index (Phi) is 13.2. The smallest absolute Gasteiger partial charge is 0.496 e. The van der Waals surface area contributed by atoms with Crippen LogP contribution < -0.4 is 14.8 Å². The maximum atomic E-state index is 16.1. The van der Waals surface area contributed by atoms with Gasteiger partial charge in [-0.2, -0.15) is 13.2 Å². The number of esters is 2. The lowest BCUT2D eigenvalue weighted by atomic mass is 9.87. The van der Waals surface area contributed by atoms with Gasteiger partial charge in [0.1, 0.15) is 17.9 Å². The number of ether oxygens (including phenoxy) is 5. The van der Waals surface area contributed by atoms with Gasteiger partial charge in [0.25, 0.3) is 11.8 Å². The van der Waals surface area contributed by atoms with Crippen molar-refractivity contribution in [1.82, 2.24) is 4.90 Å². The standard InChI is InChI=1S/C37H33F5N2O10S/c1-6-51-33(47)36(34(48)52-7-2,26-12-9-17-55-26)19-53-35(49)54-30-23(38)18-24(28(29(30)39)32(46)44(3)4)43-31(45)22-10-8-11-25(50-5)27(22)20-13-15-21(16-14-20)37(40,41)42/h8-18H,6-7,19H2,1-5H3,(H,43,45). The first-order valence-electron chi connectivity index (χ1n) is 16.1. The van der Waals surface area contributed by atoms with Gasteiger partial charge in [0.15, 0.2) is 11.6 Å². The fourth-order valence-electron chi connectivity index (χ4n) is 5.21. The lowest BCUT2D eigenvalue weighted by Crippen LogP contribution is -2.50. The van der Waals surface area contributed by atoms with E-state index in [1.54, 1.807) is 0 Å². The number of anilines is 1. The molecule has 1 heterocycles. The number of hydrogen-bond acceptors (Lipinski definition) is 11. The first-order chi connectivity index (χ1) is 26.0. The predicted octanol–water partition coefficient (Wildman–Crippen LogP) is 7.25. The van der Waals surface area contributed by atoms with Crippen LogP contribution in [0.25, 0.3) is 11.1 Å². The van der Waals surface area contributed by atoms with Crippen LogP contribution >= 0.6 is 11.3 Å². The summed E-state index contributed by atoms with van der Waals surface area (Å²) < 4.78 is 96.9. The number of methoxy groups -OCH3 is 1. The summed E-state index contributed by atoms with van der Waals surface area (Å²) in [4.78, 5) is 67.2. The molecule has 0 fully saturated rings. The quantitative estimate of drug-likeness (QED) is 0.0483. The second kappa shape index (κ2) is 17.4. The lowest BCUT2D eigenvalue weighted by Gasteiger charge is -2.27. The summed E-state index contributed by atoms with van der Waals surface area (Å²) in [6, 6.07) is 11.3. The monoisotopic (exact) mass is 792 g/mol. The van der Waals surface area contributed by atoms with Crippen molar-refractivity contribution >= 4 is 46.9 Å². The first-order valence-corrected chi connectivity index (χ1v) is 17.0. The number of amides is 2. The van der Waals surface area contributed by atoms with Crippen molar-refractivity contribution in [2.24, 2.45) is 0 Å². The Morgan fingerprint density at radius 2 is 1.49 bits per heavy atom. The van der Waals surface area contributed by atoms with Gasteiger partial charge in [-0.1, -0.05) is 24.3 Å². The number of carbonyl (C=O) groups excluding carboxylic acids is 5. The largest absolute Gasteiger partial charge is 0.514 e. The third-order valence-corrected chi connectivity index (χ3v) is 8.85. The Morgan fingerprint density at radius 3 is 2.02 bits per heavy atom. The van der Waals surface area contributed by atoms with Crippen LogP contribution in [0.3, 0.4) is 0 Å². The highest BCUT2D eigenvalue weighted by molar-refractivity contribution is 7.10. The molecule has 0 bridgehead atoms. The molecule has 4 aromatic rings. The zero-order valence-corrected chi connectivity index (χ0v) is 30.6. The molecule has 0 atom stereocenters. The molecule has 0 aliphatic rings. The Balaban J connectivity index is 1.71. The molecule has 12 nitrogen and oxygen atoms in total. The normalized spacial score (nSPS) is 11.3. The highest BCUT2D eigenvalue weighted by Gasteiger charge is 2.53. The van der Waals surface area contributed by atoms with Crippen molar-refractivity contribution < 1.29 is 69.6 Å².